The van der Waals surface area contributed by atoms with Gasteiger partial charge in [-0.25, -0.2) is 5.43 Å². The zero-order valence-electron chi connectivity index (χ0n) is 11.7. The number of aromatic nitrogens is 4. The minimum Gasteiger partial charge on any atom is -0.338 e. The largest absolute Gasteiger partial charge is 0.338 e. The molecule has 0 aliphatic heterocycles. The fraction of sp³-hybridized carbons (Fsp3) is 0.286. The summed E-state index contributed by atoms with van der Waals surface area (Å²) in [7, 11) is 0. The average molecular weight is 268 g/mol. The summed E-state index contributed by atoms with van der Waals surface area (Å²) in [6, 6.07) is 6.16. The SMILES string of the molecule is CC/C(C)=N\Nc1nnc2c(n1)[nH]c1ccc(C)cc12. The molecule has 0 spiro atoms. The molecule has 0 saturated carbocycles. The number of hydrazone groups is 1. The summed E-state index contributed by atoms with van der Waals surface area (Å²) in [4.78, 5) is 7.65. The lowest BCUT2D eigenvalue weighted by Crippen LogP contribution is -2.01. The summed E-state index contributed by atoms with van der Waals surface area (Å²) in [5.74, 6) is 0.397. The Kier molecular flexibility index (Phi) is 3.06. The maximum Gasteiger partial charge on any atom is 0.265 e. The second-order valence-corrected chi connectivity index (χ2v) is 4.82. The first-order valence-corrected chi connectivity index (χ1v) is 6.59. The normalized spacial score (nSPS) is 12.2. The molecule has 0 bridgehead atoms. The van der Waals surface area contributed by atoms with E-state index in [0.29, 0.717) is 11.6 Å². The van der Waals surface area contributed by atoms with Gasteiger partial charge in [0.05, 0.1) is 0 Å². The Morgan fingerprint density at radius 1 is 1.35 bits per heavy atom. The van der Waals surface area contributed by atoms with Crippen molar-refractivity contribution in [3.63, 3.8) is 0 Å². The van der Waals surface area contributed by atoms with Crippen LogP contribution in [0.3, 0.4) is 0 Å². The zero-order chi connectivity index (χ0) is 14.1. The van der Waals surface area contributed by atoms with E-state index < -0.39 is 0 Å². The Bertz CT molecular complexity index is 802. The molecule has 6 nitrogen and oxygen atoms in total. The third-order valence-corrected chi connectivity index (χ3v) is 3.23. The van der Waals surface area contributed by atoms with Gasteiger partial charge < -0.3 is 4.98 Å². The summed E-state index contributed by atoms with van der Waals surface area (Å²) in [5, 5.41) is 13.5. The number of benzene rings is 1. The van der Waals surface area contributed by atoms with Crippen LogP contribution in [0.15, 0.2) is 23.3 Å². The van der Waals surface area contributed by atoms with Gasteiger partial charge >= 0.3 is 0 Å². The van der Waals surface area contributed by atoms with Crippen LogP contribution in [0, 0.1) is 6.92 Å². The number of anilines is 1. The summed E-state index contributed by atoms with van der Waals surface area (Å²) in [6.07, 6.45) is 0.883. The van der Waals surface area contributed by atoms with Crippen LogP contribution in [0.4, 0.5) is 5.95 Å². The lowest BCUT2D eigenvalue weighted by Gasteiger charge is -1.98. The fourth-order valence-electron chi connectivity index (χ4n) is 1.96. The molecule has 0 amide bonds. The molecule has 20 heavy (non-hydrogen) atoms. The van der Waals surface area contributed by atoms with Crippen molar-refractivity contribution in [2.24, 2.45) is 5.10 Å². The molecule has 3 aromatic rings. The molecule has 0 aliphatic carbocycles. The molecule has 0 radical (unpaired) electrons. The van der Waals surface area contributed by atoms with E-state index >= 15 is 0 Å². The summed E-state index contributed by atoms with van der Waals surface area (Å²) in [6.45, 7) is 6.05. The number of nitrogens with zero attached hydrogens (tertiary/aromatic N) is 4. The van der Waals surface area contributed by atoms with Gasteiger partial charge in [-0.15, -0.1) is 10.2 Å². The number of fused-ring (bicyclic) bond motifs is 3. The Labute approximate surface area is 116 Å². The molecule has 0 aliphatic rings. The standard InChI is InChI=1S/C14H16N6/c1-4-9(3)17-19-14-16-13-12(18-20-14)10-7-8(2)5-6-11(10)15-13/h5-7H,4H2,1-3H3,(H2,15,16,19,20)/b17-9-. The first kappa shape index (κ1) is 12.5. The van der Waals surface area contributed by atoms with Crippen LogP contribution in [0.5, 0.6) is 0 Å². The van der Waals surface area contributed by atoms with Gasteiger partial charge in [0, 0.05) is 16.6 Å². The van der Waals surface area contributed by atoms with Gasteiger partial charge in [0.2, 0.25) is 0 Å². The van der Waals surface area contributed by atoms with Crippen LogP contribution in [-0.2, 0) is 0 Å². The number of rotatable bonds is 3. The molecule has 2 heterocycles. The highest BCUT2D eigenvalue weighted by Gasteiger charge is 2.08. The highest BCUT2D eigenvalue weighted by atomic mass is 15.4. The van der Waals surface area contributed by atoms with E-state index in [4.69, 9.17) is 0 Å². The zero-order valence-corrected chi connectivity index (χ0v) is 11.7. The maximum absolute atomic E-state index is 4.40. The molecule has 2 N–H and O–H groups in total. The van der Waals surface area contributed by atoms with Gasteiger partial charge in [0.25, 0.3) is 5.95 Å². The van der Waals surface area contributed by atoms with Crippen molar-refractivity contribution in [1.82, 2.24) is 20.2 Å². The van der Waals surface area contributed by atoms with E-state index in [9.17, 15) is 0 Å². The predicted octanol–water partition coefficient (Wildman–Crippen LogP) is 3.01. The van der Waals surface area contributed by atoms with Crippen LogP contribution in [0.25, 0.3) is 22.1 Å². The first-order chi connectivity index (χ1) is 9.67. The van der Waals surface area contributed by atoms with E-state index in [2.05, 4.69) is 49.7 Å². The quantitative estimate of drug-likeness (QED) is 0.565. The third kappa shape index (κ3) is 2.20. The second-order valence-electron chi connectivity index (χ2n) is 4.82. The highest BCUT2D eigenvalue weighted by Crippen LogP contribution is 2.23. The van der Waals surface area contributed by atoms with Crippen LogP contribution in [0.2, 0.25) is 0 Å². The molecule has 6 heteroatoms. The van der Waals surface area contributed by atoms with Gasteiger partial charge in [-0.05, 0) is 32.4 Å². The smallest absolute Gasteiger partial charge is 0.265 e. The molecular weight excluding hydrogens is 252 g/mol. The molecule has 3 rings (SSSR count). The number of aromatic amines is 1. The van der Waals surface area contributed by atoms with Crippen LogP contribution in [-0.4, -0.2) is 25.9 Å². The first-order valence-electron chi connectivity index (χ1n) is 6.59. The molecular formula is C14H16N6. The van der Waals surface area contributed by atoms with Crippen LogP contribution >= 0.6 is 0 Å². The van der Waals surface area contributed by atoms with Crippen molar-refractivity contribution < 1.29 is 0 Å². The van der Waals surface area contributed by atoms with Crippen LogP contribution in [0.1, 0.15) is 25.8 Å². The van der Waals surface area contributed by atoms with Crippen molar-refractivity contribution in [2.45, 2.75) is 27.2 Å². The number of aryl methyl sites for hydroxylation is 1. The van der Waals surface area contributed by atoms with Gasteiger partial charge in [-0.3, -0.25) is 0 Å². The van der Waals surface area contributed by atoms with Crippen molar-refractivity contribution in [3.05, 3.63) is 23.8 Å². The monoisotopic (exact) mass is 268 g/mol. The molecule has 1 aromatic carbocycles. The fourth-order valence-corrected chi connectivity index (χ4v) is 1.96. The number of hydrogen-bond donors (Lipinski definition) is 2. The van der Waals surface area contributed by atoms with Crippen molar-refractivity contribution in [1.29, 1.82) is 0 Å². The Morgan fingerprint density at radius 2 is 2.20 bits per heavy atom. The number of hydrogen-bond acceptors (Lipinski definition) is 5. The maximum atomic E-state index is 4.40. The number of H-pyrrole nitrogens is 1. The molecule has 102 valence electrons. The van der Waals surface area contributed by atoms with E-state index in [1.807, 2.05) is 19.9 Å². The van der Waals surface area contributed by atoms with Crippen molar-refractivity contribution in [3.8, 4) is 0 Å². The molecule has 0 unspecified atom stereocenters. The van der Waals surface area contributed by atoms with Crippen LogP contribution < -0.4 is 5.43 Å². The predicted molar refractivity (Wildman–Crippen MR) is 80.9 cm³/mol. The van der Waals surface area contributed by atoms with E-state index in [-0.39, 0.29) is 0 Å². The molecule has 2 aromatic heterocycles. The van der Waals surface area contributed by atoms with Crippen molar-refractivity contribution in [2.75, 3.05) is 5.43 Å². The van der Waals surface area contributed by atoms with Gasteiger partial charge in [0.1, 0.15) is 5.52 Å². The second kappa shape index (κ2) is 4.88. The minimum absolute atomic E-state index is 0.397. The Morgan fingerprint density at radius 3 is 3.00 bits per heavy atom. The van der Waals surface area contributed by atoms with Crippen molar-refractivity contribution >= 4 is 33.7 Å². The Hall–Kier alpha value is -2.50. The van der Waals surface area contributed by atoms with Gasteiger partial charge in [0.15, 0.2) is 5.65 Å². The Balaban J connectivity index is 2.05. The summed E-state index contributed by atoms with van der Waals surface area (Å²) in [5.41, 5.74) is 7.51. The minimum atomic E-state index is 0.397. The van der Waals surface area contributed by atoms with Gasteiger partial charge in [-0.2, -0.15) is 10.1 Å². The molecule has 0 atom stereocenters. The highest BCUT2D eigenvalue weighted by molar-refractivity contribution is 6.03. The summed E-state index contributed by atoms with van der Waals surface area (Å²) >= 11 is 0. The molecule has 0 saturated heterocycles. The lowest BCUT2D eigenvalue weighted by atomic mass is 10.2. The lowest BCUT2D eigenvalue weighted by molar-refractivity contribution is 1.00. The summed E-state index contributed by atoms with van der Waals surface area (Å²) < 4.78 is 0. The average Bonchev–Trinajstić information content (AvgIpc) is 2.81. The van der Waals surface area contributed by atoms with E-state index in [1.165, 1.54) is 5.56 Å². The topological polar surface area (TPSA) is 78.8 Å². The third-order valence-electron chi connectivity index (χ3n) is 3.23. The van der Waals surface area contributed by atoms with E-state index in [0.717, 1.165) is 28.6 Å². The van der Waals surface area contributed by atoms with Gasteiger partial charge in [-0.1, -0.05) is 18.6 Å². The number of nitrogens with one attached hydrogen (secondary N) is 2. The van der Waals surface area contributed by atoms with E-state index in [1.54, 1.807) is 0 Å². The molecule has 0 fully saturated rings.